The molecule has 0 saturated carbocycles. The molecule has 1 aromatic carbocycles. The number of benzene rings is 1. The van der Waals surface area contributed by atoms with E-state index in [9.17, 15) is 14.7 Å². The van der Waals surface area contributed by atoms with E-state index in [-0.39, 0.29) is 18.1 Å². The molecule has 0 aliphatic rings. The van der Waals surface area contributed by atoms with Gasteiger partial charge in [-0.15, -0.1) is 0 Å². The molecule has 35 heavy (non-hydrogen) atoms. The summed E-state index contributed by atoms with van der Waals surface area (Å²) in [5.41, 5.74) is 9.55. The number of hydrogen-bond acceptors (Lipinski definition) is 4. The van der Waals surface area contributed by atoms with Crippen LogP contribution in [0.5, 0.6) is 0 Å². The minimum absolute atomic E-state index is 0.0697. The van der Waals surface area contributed by atoms with Crippen molar-refractivity contribution in [2.24, 2.45) is 5.73 Å². The van der Waals surface area contributed by atoms with Crippen LogP contribution in [0, 0.1) is 0 Å². The zero-order valence-corrected chi connectivity index (χ0v) is 22.3. The molecule has 0 atom stereocenters. The van der Waals surface area contributed by atoms with Crippen LogP contribution >= 0.6 is 0 Å². The third kappa shape index (κ3) is 12.7. The van der Waals surface area contributed by atoms with Gasteiger partial charge in [-0.2, -0.15) is 0 Å². The van der Waals surface area contributed by atoms with Crippen molar-refractivity contribution in [1.82, 2.24) is 0 Å². The third-order valence-electron chi connectivity index (χ3n) is 5.90. The smallest absolute Gasteiger partial charge is 0.337 e. The van der Waals surface area contributed by atoms with Crippen LogP contribution in [0.25, 0.3) is 0 Å². The number of nitrogens with two attached hydrogens (primary N) is 1. The van der Waals surface area contributed by atoms with Gasteiger partial charge in [0.15, 0.2) is 0 Å². The van der Waals surface area contributed by atoms with Gasteiger partial charge in [0.25, 0.3) is 5.91 Å². The highest BCUT2D eigenvalue weighted by Gasteiger charge is 2.22. The number of carboxylic acid groups (broad SMARTS) is 1. The molecular weight excluding hydrogens is 440 g/mol. The summed E-state index contributed by atoms with van der Waals surface area (Å²) in [6.45, 7) is 9.60. The summed E-state index contributed by atoms with van der Waals surface area (Å²) in [4.78, 5) is 26.7. The standard InChI is InChI=1S/C29H46N2O4/c1-5-6-7-8-9-10-20-35-22-28(32)31(19-17-24(4)13-11-12-23(2)3)27-21-25(16-18-30)14-15-26(27)29(33)34/h12,14-15,17,21H,5-11,13,16,18-20,22,30H2,1-4H3,(H,33,34)/b24-17+. The van der Waals surface area contributed by atoms with E-state index in [1.54, 1.807) is 18.2 Å². The number of carbonyl (C=O) groups is 2. The van der Waals surface area contributed by atoms with Crippen molar-refractivity contribution < 1.29 is 19.4 Å². The molecule has 0 fully saturated rings. The fraction of sp³-hybridized carbons (Fsp3) is 0.586. The van der Waals surface area contributed by atoms with E-state index in [1.807, 2.05) is 13.0 Å². The Morgan fingerprint density at radius 3 is 2.43 bits per heavy atom. The van der Waals surface area contributed by atoms with E-state index in [2.05, 4.69) is 26.8 Å². The van der Waals surface area contributed by atoms with E-state index in [4.69, 9.17) is 10.5 Å². The van der Waals surface area contributed by atoms with Gasteiger partial charge in [0.1, 0.15) is 6.61 Å². The van der Waals surface area contributed by atoms with Gasteiger partial charge in [0.2, 0.25) is 0 Å². The molecule has 0 spiro atoms. The van der Waals surface area contributed by atoms with Crippen molar-refractivity contribution in [1.29, 1.82) is 0 Å². The Labute approximate surface area is 212 Å². The van der Waals surface area contributed by atoms with Crippen LogP contribution in [0.3, 0.4) is 0 Å². The molecule has 1 amide bonds. The number of amides is 1. The van der Waals surface area contributed by atoms with Crippen molar-refractivity contribution >= 4 is 17.6 Å². The number of anilines is 1. The zero-order valence-electron chi connectivity index (χ0n) is 22.3. The molecular formula is C29H46N2O4. The highest BCUT2D eigenvalue weighted by Crippen LogP contribution is 2.24. The van der Waals surface area contributed by atoms with Crippen molar-refractivity contribution in [3.05, 3.63) is 52.6 Å². The lowest BCUT2D eigenvalue weighted by Crippen LogP contribution is -2.35. The monoisotopic (exact) mass is 486 g/mol. The predicted molar refractivity (Wildman–Crippen MR) is 145 cm³/mol. The van der Waals surface area contributed by atoms with E-state index in [1.165, 1.54) is 36.2 Å². The molecule has 0 saturated heterocycles. The first-order chi connectivity index (χ1) is 16.8. The van der Waals surface area contributed by atoms with Gasteiger partial charge in [0, 0.05) is 13.2 Å². The highest BCUT2D eigenvalue weighted by atomic mass is 16.5. The van der Waals surface area contributed by atoms with Crippen LogP contribution in [0.15, 0.2) is 41.5 Å². The van der Waals surface area contributed by atoms with E-state index in [0.717, 1.165) is 36.8 Å². The molecule has 0 bridgehead atoms. The average molecular weight is 487 g/mol. The quantitative estimate of drug-likeness (QED) is 0.188. The van der Waals surface area contributed by atoms with Gasteiger partial charge < -0.3 is 20.5 Å². The van der Waals surface area contributed by atoms with Crippen LogP contribution in [0.1, 0.15) is 95.0 Å². The van der Waals surface area contributed by atoms with Crippen molar-refractivity contribution in [3.63, 3.8) is 0 Å². The summed E-state index contributed by atoms with van der Waals surface area (Å²) >= 11 is 0. The largest absolute Gasteiger partial charge is 0.478 e. The molecule has 0 aliphatic heterocycles. The number of allylic oxidation sites excluding steroid dienone is 3. The summed E-state index contributed by atoms with van der Waals surface area (Å²) in [5.74, 6) is -1.30. The molecule has 0 unspecified atom stereocenters. The second-order valence-electron chi connectivity index (χ2n) is 9.39. The summed E-state index contributed by atoms with van der Waals surface area (Å²) in [5, 5.41) is 9.78. The molecule has 0 heterocycles. The number of rotatable bonds is 18. The minimum atomic E-state index is -1.06. The molecule has 0 aromatic heterocycles. The Bertz CT molecular complexity index is 841. The number of nitrogens with zero attached hydrogens (tertiary/aromatic N) is 1. The van der Waals surface area contributed by atoms with Gasteiger partial charge in [-0.05, 0) is 70.7 Å². The first-order valence-electron chi connectivity index (χ1n) is 13.0. The number of unbranched alkanes of at least 4 members (excludes halogenated alkanes) is 5. The summed E-state index contributed by atoms with van der Waals surface area (Å²) in [6, 6.07) is 5.10. The first kappa shape index (κ1) is 30.6. The SMILES string of the molecule is CCCCCCCCOCC(=O)N(C/C=C(\C)CCC=C(C)C)c1cc(CCN)ccc1C(=O)O. The lowest BCUT2D eigenvalue weighted by molar-refractivity contribution is -0.123. The second-order valence-corrected chi connectivity index (χ2v) is 9.39. The predicted octanol–water partition coefficient (Wildman–Crippen LogP) is 6.29. The molecule has 3 N–H and O–H groups in total. The van der Waals surface area contributed by atoms with E-state index < -0.39 is 5.97 Å². The third-order valence-corrected chi connectivity index (χ3v) is 5.90. The fourth-order valence-corrected chi connectivity index (χ4v) is 3.80. The van der Waals surface area contributed by atoms with E-state index in [0.29, 0.717) is 31.8 Å². The molecule has 6 nitrogen and oxygen atoms in total. The van der Waals surface area contributed by atoms with Gasteiger partial charge >= 0.3 is 5.97 Å². The molecule has 196 valence electrons. The maximum absolute atomic E-state index is 13.2. The lowest BCUT2D eigenvalue weighted by Gasteiger charge is -2.24. The molecule has 0 radical (unpaired) electrons. The molecule has 0 aliphatic carbocycles. The Hall–Kier alpha value is -2.44. The molecule has 1 rings (SSSR count). The van der Waals surface area contributed by atoms with Gasteiger partial charge in [-0.3, -0.25) is 4.79 Å². The number of hydrogen-bond donors (Lipinski definition) is 2. The Balaban J connectivity index is 2.98. The summed E-state index contributed by atoms with van der Waals surface area (Å²) in [6.07, 6.45) is 13.5. The Morgan fingerprint density at radius 1 is 1.06 bits per heavy atom. The second kappa shape index (κ2) is 17.9. The van der Waals surface area contributed by atoms with Crippen LogP contribution < -0.4 is 10.6 Å². The maximum atomic E-state index is 13.2. The topological polar surface area (TPSA) is 92.9 Å². The normalized spacial score (nSPS) is 11.4. The van der Waals surface area contributed by atoms with Crippen LogP contribution in [0.4, 0.5) is 5.69 Å². The molecule has 6 heteroatoms. The van der Waals surface area contributed by atoms with Gasteiger partial charge in [0.05, 0.1) is 11.3 Å². The first-order valence-corrected chi connectivity index (χ1v) is 13.0. The average Bonchev–Trinajstić information content (AvgIpc) is 2.81. The fourth-order valence-electron chi connectivity index (χ4n) is 3.80. The van der Waals surface area contributed by atoms with Gasteiger partial charge in [-0.1, -0.05) is 68.4 Å². The van der Waals surface area contributed by atoms with Crippen molar-refractivity contribution in [2.45, 2.75) is 85.5 Å². The zero-order chi connectivity index (χ0) is 26.1. The Kier molecular flexibility index (Phi) is 15.7. The summed E-state index contributed by atoms with van der Waals surface area (Å²) in [7, 11) is 0. The van der Waals surface area contributed by atoms with Crippen molar-refractivity contribution in [3.8, 4) is 0 Å². The van der Waals surface area contributed by atoms with Crippen LogP contribution in [0.2, 0.25) is 0 Å². The summed E-state index contributed by atoms with van der Waals surface area (Å²) < 4.78 is 5.69. The highest BCUT2D eigenvalue weighted by molar-refractivity contribution is 6.02. The number of aromatic carboxylic acids is 1. The maximum Gasteiger partial charge on any atom is 0.337 e. The number of ether oxygens (including phenoxy) is 1. The van der Waals surface area contributed by atoms with Gasteiger partial charge in [-0.25, -0.2) is 4.79 Å². The number of carboxylic acids is 1. The van der Waals surface area contributed by atoms with Crippen molar-refractivity contribution in [2.75, 3.05) is 31.2 Å². The lowest BCUT2D eigenvalue weighted by atomic mass is 10.0. The van der Waals surface area contributed by atoms with Crippen LogP contribution in [-0.4, -0.2) is 43.3 Å². The van der Waals surface area contributed by atoms with E-state index >= 15 is 0 Å². The molecule has 1 aromatic rings. The Morgan fingerprint density at radius 2 is 1.77 bits per heavy atom. The van der Waals surface area contributed by atoms with Crippen LogP contribution in [-0.2, 0) is 16.0 Å². The number of carbonyl (C=O) groups excluding carboxylic acids is 1. The minimum Gasteiger partial charge on any atom is -0.478 e.